The summed E-state index contributed by atoms with van der Waals surface area (Å²) in [5.74, 6) is 0.639. The predicted molar refractivity (Wildman–Crippen MR) is 48.6 cm³/mol. The highest BCUT2D eigenvalue weighted by Crippen LogP contribution is 2.07. The third-order valence-corrected chi connectivity index (χ3v) is 1.89. The van der Waals surface area contributed by atoms with E-state index in [0.29, 0.717) is 5.92 Å². The smallest absolute Gasteiger partial charge is 0.0741 e. The Kier molecular flexibility index (Phi) is 4.04. The molecule has 0 aromatic rings. The summed E-state index contributed by atoms with van der Waals surface area (Å²) < 4.78 is 0. The van der Waals surface area contributed by atoms with Crippen molar-refractivity contribution in [2.75, 3.05) is 6.54 Å². The number of nitrogens with one attached hydrogen (secondary N) is 1. The fourth-order valence-corrected chi connectivity index (χ4v) is 0.662. The topological polar surface area (TPSA) is 32.3 Å². The lowest BCUT2D eigenvalue weighted by Crippen LogP contribution is -2.45. The summed E-state index contributed by atoms with van der Waals surface area (Å²) in [7, 11) is 0. The molecule has 11 heavy (non-hydrogen) atoms. The Morgan fingerprint density at radius 1 is 1.27 bits per heavy atom. The van der Waals surface area contributed by atoms with Crippen LogP contribution in [0.5, 0.6) is 0 Å². The molecule has 1 atom stereocenters. The lowest BCUT2D eigenvalue weighted by Gasteiger charge is -2.27. The predicted octanol–water partition coefficient (Wildman–Crippen LogP) is 1.39. The number of hydrogen-bond donors (Lipinski definition) is 2. The second-order valence-electron chi connectivity index (χ2n) is 4.18. The van der Waals surface area contributed by atoms with E-state index in [0.717, 1.165) is 6.54 Å². The Bertz CT molecular complexity index is 105. The Morgan fingerprint density at radius 3 is 2.00 bits per heavy atom. The van der Waals surface area contributed by atoms with Crippen molar-refractivity contribution < 1.29 is 5.11 Å². The molecule has 1 unspecified atom stereocenters. The zero-order valence-corrected chi connectivity index (χ0v) is 8.31. The molecule has 0 heterocycles. The van der Waals surface area contributed by atoms with Crippen LogP contribution in [-0.4, -0.2) is 23.3 Å². The Balaban J connectivity index is 3.61. The van der Waals surface area contributed by atoms with Crippen molar-refractivity contribution in [1.29, 1.82) is 0 Å². The maximum Gasteiger partial charge on any atom is 0.0741 e. The van der Waals surface area contributed by atoms with Crippen LogP contribution >= 0.6 is 0 Å². The van der Waals surface area contributed by atoms with Gasteiger partial charge in [0.15, 0.2) is 0 Å². The first-order chi connectivity index (χ1) is 4.84. The van der Waals surface area contributed by atoms with E-state index in [-0.39, 0.29) is 6.04 Å². The lowest BCUT2D eigenvalue weighted by molar-refractivity contribution is 0.0434. The van der Waals surface area contributed by atoms with E-state index >= 15 is 0 Å². The second-order valence-corrected chi connectivity index (χ2v) is 4.18. The first kappa shape index (κ1) is 10.9. The van der Waals surface area contributed by atoms with Crippen molar-refractivity contribution in [3.05, 3.63) is 0 Å². The van der Waals surface area contributed by atoms with Gasteiger partial charge in [0, 0.05) is 6.04 Å². The van der Waals surface area contributed by atoms with E-state index in [4.69, 9.17) is 0 Å². The molecular formula is C9H21NO. The fraction of sp³-hybridized carbons (Fsp3) is 1.00. The first-order valence-corrected chi connectivity index (χ1v) is 4.29. The normalized spacial score (nSPS) is 15.5. The van der Waals surface area contributed by atoms with Crippen molar-refractivity contribution in [1.82, 2.24) is 5.32 Å². The van der Waals surface area contributed by atoms with Gasteiger partial charge < -0.3 is 10.4 Å². The van der Waals surface area contributed by atoms with Gasteiger partial charge in [-0.1, -0.05) is 13.8 Å². The molecule has 2 N–H and O–H groups in total. The summed E-state index contributed by atoms with van der Waals surface area (Å²) in [6, 6.07) is 0.157. The average molecular weight is 159 g/mol. The van der Waals surface area contributed by atoms with Gasteiger partial charge in [-0.25, -0.2) is 0 Å². The molecule has 2 heteroatoms. The van der Waals surface area contributed by atoms with E-state index in [1.807, 2.05) is 20.8 Å². The molecule has 0 fully saturated rings. The van der Waals surface area contributed by atoms with Crippen molar-refractivity contribution in [3.63, 3.8) is 0 Å². The van der Waals surface area contributed by atoms with Gasteiger partial charge in [-0.05, 0) is 33.2 Å². The van der Waals surface area contributed by atoms with E-state index in [2.05, 4.69) is 19.2 Å². The highest BCUT2D eigenvalue weighted by Gasteiger charge is 2.21. The first-order valence-electron chi connectivity index (χ1n) is 4.29. The largest absolute Gasteiger partial charge is 0.389 e. The van der Waals surface area contributed by atoms with Gasteiger partial charge in [-0.2, -0.15) is 0 Å². The molecule has 0 aliphatic carbocycles. The van der Waals surface area contributed by atoms with Crippen molar-refractivity contribution in [2.24, 2.45) is 5.92 Å². The lowest BCUT2D eigenvalue weighted by atomic mass is 10.0. The highest BCUT2D eigenvalue weighted by atomic mass is 16.3. The van der Waals surface area contributed by atoms with Gasteiger partial charge in [0.1, 0.15) is 0 Å². The second kappa shape index (κ2) is 4.07. The average Bonchev–Trinajstić information content (AvgIpc) is 1.80. The quantitative estimate of drug-likeness (QED) is 0.649. The molecule has 68 valence electrons. The molecule has 0 spiro atoms. The third kappa shape index (κ3) is 5.22. The van der Waals surface area contributed by atoms with Crippen LogP contribution in [0, 0.1) is 5.92 Å². The summed E-state index contributed by atoms with van der Waals surface area (Å²) in [6.45, 7) is 10.9. The Labute approximate surface area is 70.0 Å². The fourth-order valence-electron chi connectivity index (χ4n) is 0.662. The Hall–Kier alpha value is -0.0800. The molecule has 0 rings (SSSR count). The molecule has 0 aliphatic heterocycles. The van der Waals surface area contributed by atoms with Gasteiger partial charge in [-0.15, -0.1) is 0 Å². The van der Waals surface area contributed by atoms with Gasteiger partial charge in [0.25, 0.3) is 0 Å². The molecular weight excluding hydrogens is 138 g/mol. The molecule has 0 radical (unpaired) electrons. The summed E-state index contributed by atoms with van der Waals surface area (Å²) >= 11 is 0. The maximum absolute atomic E-state index is 9.54. The van der Waals surface area contributed by atoms with E-state index in [1.165, 1.54) is 0 Å². The molecule has 0 aromatic heterocycles. The van der Waals surface area contributed by atoms with Crippen LogP contribution in [0.3, 0.4) is 0 Å². The summed E-state index contributed by atoms with van der Waals surface area (Å²) in [4.78, 5) is 0. The molecule has 0 aromatic carbocycles. The van der Waals surface area contributed by atoms with Crippen molar-refractivity contribution in [3.8, 4) is 0 Å². The van der Waals surface area contributed by atoms with Crippen LogP contribution in [0.25, 0.3) is 0 Å². The standard InChI is InChI=1S/C9H21NO/c1-7(2)6-10-8(3)9(4,5)11/h7-8,10-11H,6H2,1-5H3. The molecule has 0 saturated carbocycles. The van der Waals surface area contributed by atoms with Gasteiger partial charge >= 0.3 is 0 Å². The minimum absolute atomic E-state index is 0.157. The van der Waals surface area contributed by atoms with Crippen molar-refractivity contribution >= 4 is 0 Å². The minimum atomic E-state index is -0.616. The number of aliphatic hydroxyl groups is 1. The van der Waals surface area contributed by atoms with Crippen LogP contribution in [0.15, 0.2) is 0 Å². The van der Waals surface area contributed by atoms with E-state index < -0.39 is 5.60 Å². The highest BCUT2D eigenvalue weighted by molar-refractivity contribution is 4.79. The Morgan fingerprint density at radius 2 is 1.73 bits per heavy atom. The zero-order chi connectivity index (χ0) is 9.07. The minimum Gasteiger partial charge on any atom is -0.389 e. The number of hydrogen-bond acceptors (Lipinski definition) is 2. The third-order valence-electron chi connectivity index (χ3n) is 1.89. The SMILES string of the molecule is CC(C)CNC(C)C(C)(C)O. The van der Waals surface area contributed by atoms with Crippen LogP contribution in [-0.2, 0) is 0 Å². The van der Waals surface area contributed by atoms with E-state index in [9.17, 15) is 5.11 Å². The monoisotopic (exact) mass is 159 g/mol. The summed E-state index contributed by atoms with van der Waals surface area (Å²) in [6.07, 6.45) is 0. The van der Waals surface area contributed by atoms with E-state index in [1.54, 1.807) is 0 Å². The van der Waals surface area contributed by atoms with Gasteiger partial charge in [-0.3, -0.25) is 0 Å². The maximum atomic E-state index is 9.54. The van der Waals surface area contributed by atoms with Gasteiger partial charge in [0.05, 0.1) is 5.60 Å². The summed E-state index contributed by atoms with van der Waals surface area (Å²) in [5.41, 5.74) is -0.616. The van der Waals surface area contributed by atoms with Crippen LogP contribution in [0.2, 0.25) is 0 Å². The number of rotatable bonds is 4. The molecule has 2 nitrogen and oxygen atoms in total. The van der Waals surface area contributed by atoms with Crippen LogP contribution in [0.1, 0.15) is 34.6 Å². The van der Waals surface area contributed by atoms with Crippen molar-refractivity contribution in [2.45, 2.75) is 46.3 Å². The molecule has 0 saturated heterocycles. The van der Waals surface area contributed by atoms with Crippen LogP contribution < -0.4 is 5.32 Å². The summed E-state index contributed by atoms with van der Waals surface area (Å²) in [5, 5.41) is 12.8. The molecule has 0 aliphatic rings. The molecule has 0 bridgehead atoms. The molecule has 0 amide bonds. The van der Waals surface area contributed by atoms with Crippen LogP contribution in [0.4, 0.5) is 0 Å². The zero-order valence-electron chi connectivity index (χ0n) is 8.31. The van der Waals surface area contributed by atoms with Gasteiger partial charge in [0.2, 0.25) is 0 Å².